The van der Waals surface area contributed by atoms with Crippen molar-refractivity contribution in [1.82, 2.24) is 14.9 Å². The van der Waals surface area contributed by atoms with Crippen molar-refractivity contribution in [2.75, 3.05) is 13.7 Å². The summed E-state index contributed by atoms with van der Waals surface area (Å²) < 4.78 is 12.2. The molecule has 1 amide bonds. The van der Waals surface area contributed by atoms with Gasteiger partial charge in [0.15, 0.2) is 0 Å². The molecule has 0 radical (unpaired) electrons. The number of methoxy groups -OCH3 is 1. The van der Waals surface area contributed by atoms with Crippen LogP contribution in [-0.4, -0.2) is 34.3 Å². The molecule has 8 nitrogen and oxygen atoms in total. The molecular weight excluding hydrogens is 418 g/mol. The number of benzene rings is 1. The Bertz CT molecular complexity index is 1060. The second-order valence-corrected chi connectivity index (χ2v) is 7.81. The number of nitrogens with one attached hydrogen (secondary N) is 1. The third-order valence-electron chi connectivity index (χ3n) is 4.68. The monoisotopic (exact) mass is 443 g/mol. The predicted octanol–water partition coefficient (Wildman–Crippen LogP) is 2.05. The Morgan fingerprint density at radius 3 is 2.61 bits per heavy atom. The van der Waals surface area contributed by atoms with Gasteiger partial charge in [0.05, 0.1) is 13.7 Å². The first-order valence-corrected chi connectivity index (χ1v) is 10.7. The first-order valence-electron chi connectivity index (χ1n) is 9.77. The average molecular weight is 444 g/mol. The lowest BCUT2D eigenvalue weighted by atomic mass is 10.1. The highest BCUT2D eigenvalue weighted by molar-refractivity contribution is 7.09. The first kappa shape index (κ1) is 22.5. The van der Waals surface area contributed by atoms with E-state index >= 15 is 0 Å². The number of aliphatic hydroxyl groups excluding tert-OH is 1. The minimum Gasteiger partial charge on any atom is -0.497 e. The van der Waals surface area contributed by atoms with Gasteiger partial charge in [0.1, 0.15) is 30.5 Å². The fraction of sp³-hybridized carbons (Fsp3) is 0.318. The predicted molar refractivity (Wildman–Crippen MR) is 118 cm³/mol. The van der Waals surface area contributed by atoms with Crippen LogP contribution in [0.4, 0.5) is 0 Å². The van der Waals surface area contributed by atoms with Crippen molar-refractivity contribution in [2.24, 2.45) is 0 Å². The summed E-state index contributed by atoms with van der Waals surface area (Å²) in [6, 6.07) is 10.9. The highest BCUT2D eigenvalue weighted by atomic mass is 32.1. The van der Waals surface area contributed by atoms with E-state index in [4.69, 9.17) is 9.47 Å². The molecule has 3 rings (SSSR count). The largest absolute Gasteiger partial charge is 0.497 e. The van der Waals surface area contributed by atoms with Crippen LogP contribution in [0.2, 0.25) is 0 Å². The molecule has 0 saturated carbocycles. The first-order chi connectivity index (χ1) is 15.0. The molecule has 0 atom stereocenters. The van der Waals surface area contributed by atoms with E-state index in [0.717, 1.165) is 4.88 Å². The number of carbonyl (C=O) groups is 1. The number of ether oxygens (including phenoxy) is 2. The number of hydrogen-bond acceptors (Lipinski definition) is 7. The van der Waals surface area contributed by atoms with Gasteiger partial charge in [0.25, 0.3) is 5.56 Å². The van der Waals surface area contributed by atoms with Gasteiger partial charge in [-0.15, -0.1) is 11.3 Å². The maximum absolute atomic E-state index is 13.0. The van der Waals surface area contributed by atoms with Crippen molar-refractivity contribution in [3.8, 4) is 11.5 Å². The summed E-state index contributed by atoms with van der Waals surface area (Å²) in [4.78, 5) is 31.0. The molecular formula is C22H25N3O5S. The van der Waals surface area contributed by atoms with Gasteiger partial charge < -0.3 is 19.9 Å². The molecule has 0 bridgehead atoms. The lowest BCUT2D eigenvalue weighted by Gasteiger charge is -2.16. The van der Waals surface area contributed by atoms with Crippen LogP contribution in [0.15, 0.2) is 46.6 Å². The zero-order valence-corrected chi connectivity index (χ0v) is 18.3. The number of nitrogens with zero attached hydrogens (tertiary/aromatic N) is 2. The van der Waals surface area contributed by atoms with Gasteiger partial charge >= 0.3 is 0 Å². The second-order valence-electron chi connectivity index (χ2n) is 6.78. The Kier molecular flexibility index (Phi) is 7.80. The van der Waals surface area contributed by atoms with Gasteiger partial charge in [-0.25, -0.2) is 4.98 Å². The molecule has 2 N–H and O–H groups in total. The van der Waals surface area contributed by atoms with E-state index in [1.54, 1.807) is 49.6 Å². The summed E-state index contributed by atoms with van der Waals surface area (Å²) in [5, 5.41) is 14.1. The molecule has 1 aromatic carbocycles. The molecule has 0 saturated heterocycles. The Hall–Kier alpha value is -3.17. The van der Waals surface area contributed by atoms with E-state index in [0.29, 0.717) is 35.1 Å². The van der Waals surface area contributed by atoms with E-state index in [9.17, 15) is 14.7 Å². The summed E-state index contributed by atoms with van der Waals surface area (Å²) in [7, 11) is 1.58. The third kappa shape index (κ3) is 5.93. The Balaban J connectivity index is 1.80. The van der Waals surface area contributed by atoms with Crippen LogP contribution in [0.3, 0.4) is 0 Å². The molecule has 0 spiro atoms. The Morgan fingerprint density at radius 2 is 1.97 bits per heavy atom. The zero-order chi connectivity index (χ0) is 22.2. The number of hydrogen-bond donors (Lipinski definition) is 2. The SMILES string of the molecule is COc1ccc(OCc2nc(C)c(CCO)c(=O)n2CC(=O)NCc2cccs2)cc1. The fourth-order valence-electron chi connectivity index (χ4n) is 3.05. The highest BCUT2D eigenvalue weighted by Crippen LogP contribution is 2.18. The van der Waals surface area contributed by atoms with Crippen LogP contribution in [0.25, 0.3) is 0 Å². The molecule has 0 fully saturated rings. The molecule has 0 aliphatic carbocycles. The van der Waals surface area contributed by atoms with Gasteiger partial charge in [-0.05, 0) is 42.6 Å². The van der Waals surface area contributed by atoms with E-state index < -0.39 is 0 Å². The summed E-state index contributed by atoms with van der Waals surface area (Å²) in [6.07, 6.45) is 0.175. The molecule has 2 heterocycles. The number of aromatic nitrogens is 2. The maximum Gasteiger partial charge on any atom is 0.257 e. The lowest BCUT2D eigenvalue weighted by molar-refractivity contribution is -0.121. The molecule has 0 aliphatic heterocycles. The van der Waals surface area contributed by atoms with Gasteiger partial charge in [-0.2, -0.15) is 0 Å². The van der Waals surface area contributed by atoms with Gasteiger partial charge in [0, 0.05) is 29.2 Å². The van der Waals surface area contributed by atoms with Gasteiger partial charge in [0.2, 0.25) is 5.91 Å². The molecule has 3 aromatic rings. The van der Waals surface area contributed by atoms with Crippen LogP contribution in [0.1, 0.15) is 22.0 Å². The van der Waals surface area contributed by atoms with Crippen molar-refractivity contribution in [2.45, 2.75) is 33.0 Å². The zero-order valence-electron chi connectivity index (χ0n) is 17.5. The van der Waals surface area contributed by atoms with Gasteiger partial charge in [-0.3, -0.25) is 14.2 Å². The Morgan fingerprint density at radius 1 is 1.23 bits per heavy atom. The average Bonchev–Trinajstić information content (AvgIpc) is 3.30. The van der Waals surface area contributed by atoms with Gasteiger partial charge in [-0.1, -0.05) is 6.07 Å². The van der Waals surface area contributed by atoms with Crippen molar-refractivity contribution in [3.63, 3.8) is 0 Å². The van der Waals surface area contributed by atoms with E-state index in [1.807, 2.05) is 17.5 Å². The van der Waals surface area contributed by atoms with E-state index in [-0.39, 0.29) is 37.6 Å². The van der Waals surface area contributed by atoms with Crippen LogP contribution in [0.5, 0.6) is 11.5 Å². The standard InChI is InChI=1S/C22H25N3O5S/c1-15-19(9-10-26)22(28)25(13-21(27)23-12-18-4-3-11-31-18)20(24-15)14-30-17-7-5-16(29-2)6-8-17/h3-8,11,26H,9-10,12-14H2,1-2H3,(H,23,27). The fourth-order valence-corrected chi connectivity index (χ4v) is 3.69. The van der Waals surface area contributed by atoms with Crippen molar-refractivity contribution in [3.05, 3.63) is 74.1 Å². The maximum atomic E-state index is 13.0. The van der Waals surface area contributed by atoms with E-state index in [2.05, 4.69) is 10.3 Å². The van der Waals surface area contributed by atoms with Crippen molar-refractivity contribution in [1.29, 1.82) is 0 Å². The van der Waals surface area contributed by atoms with Crippen LogP contribution in [-0.2, 0) is 30.9 Å². The molecule has 2 aromatic heterocycles. The van der Waals surface area contributed by atoms with E-state index in [1.165, 1.54) is 4.57 Å². The number of rotatable bonds is 10. The number of aliphatic hydroxyl groups is 1. The minimum absolute atomic E-state index is 0.0139. The van der Waals surface area contributed by atoms with Crippen molar-refractivity contribution < 1.29 is 19.4 Å². The summed E-state index contributed by atoms with van der Waals surface area (Å²) in [6.45, 7) is 1.76. The number of aryl methyl sites for hydroxylation is 1. The molecule has 0 unspecified atom stereocenters. The topological polar surface area (TPSA) is 103 Å². The molecule has 164 valence electrons. The quantitative estimate of drug-likeness (QED) is 0.497. The molecule has 0 aliphatic rings. The van der Waals surface area contributed by atoms with Crippen LogP contribution >= 0.6 is 11.3 Å². The number of thiophene rings is 1. The summed E-state index contributed by atoms with van der Waals surface area (Å²) in [5.74, 6) is 1.32. The van der Waals surface area contributed by atoms with Crippen LogP contribution < -0.4 is 20.3 Å². The molecule has 9 heteroatoms. The minimum atomic E-state index is -0.346. The lowest BCUT2D eigenvalue weighted by Crippen LogP contribution is -2.36. The smallest absolute Gasteiger partial charge is 0.257 e. The van der Waals surface area contributed by atoms with Crippen LogP contribution in [0, 0.1) is 6.92 Å². The highest BCUT2D eigenvalue weighted by Gasteiger charge is 2.17. The normalized spacial score (nSPS) is 10.7. The van der Waals surface area contributed by atoms with Crippen molar-refractivity contribution >= 4 is 17.2 Å². The molecule has 31 heavy (non-hydrogen) atoms. The number of carbonyl (C=O) groups excluding carboxylic acids is 1. The number of amides is 1. The second kappa shape index (κ2) is 10.7. The Labute approximate surface area is 184 Å². The summed E-state index contributed by atoms with van der Waals surface area (Å²) in [5.41, 5.74) is 0.561. The summed E-state index contributed by atoms with van der Waals surface area (Å²) >= 11 is 1.54. The third-order valence-corrected chi connectivity index (χ3v) is 5.56.